The summed E-state index contributed by atoms with van der Waals surface area (Å²) in [4.78, 5) is 24.8. The summed E-state index contributed by atoms with van der Waals surface area (Å²) in [5, 5.41) is 78.0. The van der Waals surface area contributed by atoms with Gasteiger partial charge in [0.15, 0.2) is 5.78 Å². The molecule has 7 N–H and O–H groups in total. The molecule has 10 atom stereocenters. The normalized spacial score (nSPS) is 37.0. The van der Waals surface area contributed by atoms with E-state index in [9.17, 15) is 45.3 Å². The van der Waals surface area contributed by atoms with Crippen molar-refractivity contribution in [3.05, 3.63) is 51.6 Å². The third kappa shape index (κ3) is 5.31. The van der Waals surface area contributed by atoms with E-state index in [1.165, 1.54) is 37.8 Å². The average molecular weight is 777 g/mol. The van der Waals surface area contributed by atoms with Crippen molar-refractivity contribution in [2.45, 2.75) is 102 Å². The number of phenolic OH excluding ortho intramolecular Hbond substituents is 2. The topological polar surface area (TPSA) is 213 Å². The van der Waals surface area contributed by atoms with Crippen LogP contribution >= 0.6 is 0 Å². The summed E-state index contributed by atoms with van der Waals surface area (Å²) in [6.45, 7) is 3.42. The van der Waals surface area contributed by atoms with Crippen molar-refractivity contribution in [2.24, 2.45) is 34.5 Å². The minimum atomic E-state index is -1.78. The standard InChI is InChI=1S/C43H52O13/c1-20-31(21(2)46)36(48)33-25(35(20)47)11-23(39(51)52)12-29(33)55-40-37(49)38(50)43(30(16-45)56-40)15-26-27-14-41(7-3-4-8-41)13-24-17-53-19-42(9-10-44,34(24)27)28-6-5-22(18-54-43)32(26)28/h6,11-12,24,26-27,30,34,37-38,40,44-45,47-50H,3-5,7-10,13-19H2,1-2H3,(H,51,52)/t24-,26-,27-,30-,34-,37-,38-,40+,42+,43+/m1/s1. The van der Waals surface area contributed by atoms with Gasteiger partial charge in [0.05, 0.1) is 36.3 Å². The summed E-state index contributed by atoms with van der Waals surface area (Å²) in [5.41, 5.74) is 1.32. The van der Waals surface area contributed by atoms with Gasteiger partial charge in [-0.1, -0.05) is 18.9 Å². The molecule has 9 rings (SSSR count). The second kappa shape index (κ2) is 13.5. The fourth-order valence-electron chi connectivity index (χ4n) is 13.0. The van der Waals surface area contributed by atoms with Gasteiger partial charge in [0, 0.05) is 29.6 Å². The molecule has 56 heavy (non-hydrogen) atoms. The molecule has 2 aromatic rings. The molecular formula is C43H52O13. The number of aliphatic hydroxyl groups excluding tert-OH is 4. The predicted octanol–water partition coefficient (Wildman–Crippen LogP) is 4.30. The Labute approximate surface area is 324 Å². The van der Waals surface area contributed by atoms with Crippen LogP contribution in [0.2, 0.25) is 0 Å². The van der Waals surface area contributed by atoms with E-state index in [0.717, 1.165) is 43.4 Å². The van der Waals surface area contributed by atoms with Crippen LogP contribution in [0.25, 0.3) is 10.8 Å². The number of Topliss-reactive ketones (excluding diaryl/α,β-unsaturated/α-hetero) is 1. The number of carbonyl (C=O) groups excluding carboxylic acids is 1. The Balaban J connectivity index is 1.10. The zero-order valence-corrected chi connectivity index (χ0v) is 31.8. The molecule has 2 spiro atoms. The van der Waals surface area contributed by atoms with E-state index < -0.39 is 60.1 Å². The number of benzene rings is 2. The summed E-state index contributed by atoms with van der Waals surface area (Å²) < 4.78 is 25.7. The number of carboxylic acid groups (broad SMARTS) is 1. The van der Waals surface area contributed by atoms with E-state index in [1.54, 1.807) is 0 Å². The highest BCUT2D eigenvalue weighted by atomic mass is 16.7. The maximum Gasteiger partial charge on any atom is 0.335 e. The van der Waals surface area contributed by atoms with E-state index in [4.69, 9.17) is 18.9 Å². The van der Waals surface area contributed by atoms with Crippen LogP contribution in [0.15, 0.2) is 34.9 Å². The zero-order chi connectivity index (χ0) is 39.5. The van der Waals surface area contributed by atoms with E-state index in [0.29, 0.717) is 32.0 Å². The predicted molar refractivity (Wildman–Crippen MR) is 199 cm³/mol. The molecule has 2 saturated heterocycles. The Morgan fingerprint density at radius 3 is 2.50 bits per heavy atom. The molecule has 302 valence electrons. The molecule has 13 heteroatoms. The van der Waals surface area contributed by atoms with Gasteiger partial charge in [-0.2, -0.15) is 0 Å². The first-order valence-corrected chi connectivity index (χ1v) is 20.1. The SMILES string of the molecule is CC(=O)c1c(C)c(O)c2cc(C(=O)O)cc(O[C@H]3O[C@H](CO)[C@@]4(C[C@H]5C6=C(CC=C6[C@]6(CCO)COC[C@H]7CC8(CCCC8)C[C@H]5[C@@H]76)CO4)[C@H](O)[C@H]3O)c2c1O. The van der Waals surface area contributed by atoms with Gasteiger partial charge in [0.1, 0.15) is 41.2 Å². The van der Waals surface area contributed by atoms with Gasteiger partial charge >= 0.3 is 5.97 Å². The number of phenols is 2. The Morgan fingerprint density at radius 1 is 1.04 bits per heavy atom. The molecule has 0 radical (unpaired) electrons. The minimum Gasteiger partial charge on any atom is -0.507 e. The number of aromatic hydroxyl groups is 2. The molecule has 0 aromatic heterocycles. The first-order valence-electron chi connectivity index (χ1n) is 20.1. The third-order valence-electron chi connectivity index (χ3n) is 15.1. The Morgan fingerprint density at radius 2 is 1.80 bits per heavy atom. The van der Waals surface area contributed by atoms with Crippen LogP contribution in [0, 0.1) is 41.4 Å². The lowest BCUT2D eigenvalue weighted by molar-refractivity contribution is -0.326. The monoisotopic (exact) mass is 776 g/mol. The fourth-order valence-corrected chi connectivity index (χ4v) is 13.0. The van der Waals surface area contributed by atoms with Crippen LogP contribution < -0.4 is 4.74 Å². The molecular weight excluding hydrogens is 724 g/mol. The minimum absolute atomic E-state index is 0.0416. The van der Waals surface area contributed by atoms with Crippen LogP contribution in [0.1, 0.15) is 91.0 Å². The summed E-state index contributed by atoms with van der Waals surface area (Å²) in [6, 6.07) is 2.23. The number of fused-ring (bicyclic) bond motifs is 3. The molecule has 3 heterocycles. The third-order valence-corrected chi connectivity index (χ3v) is 15.1. The van der Waals surface area contributed by atoms with Crippen molar-refractivity contribution in [3.8, 4) is 17.2 Å². The van der Waals surface area contributed by atoms with E-state index in [2.05, 4.69) is 6.08 Å². The number of rotatable bonds is 7. The van der Waals surface area contributed by atoms with Crippen molar-refractivity contribution in [3.63, 3.8) is 0 Å². The molecule has 13 nitrogen and oxygen atoms in total. The van der Waals surface area contributed by atoms with Gasteiger partial charge in [-0.05, 0) is 117 Å². The van der Waals surface area contributed by atoms with Crippen molar-refractivity contribution < 1.29 is 64.3 Å². The summed E-state index contributed by atoms with van der Waals surface area (Å²) in [5.74, 6) is -2.59. The van der Waals surface area contributed by atoms with Gasteiger partial charge in [0.2, 0.25) is 6.29 Å². The number of allylic oxidation sites excluding steroid dienone is 2. The van der Waals surface area contributed by atoms with E-state index in [-0.39, 0.29) is 81.4 Å². The maximum atomic E-state index is 12.6. The molecule has 3 aliphatic heterocycles. The Kier molecular flexibility index (Phi) is 9.16. The highest BCUT2D eigenvalue weighted by Crippen LogP contribution is 2.70. The van der Waals surface area contributed by atoms with Crippen LogP contribution in [0.4, 0.5) is 0 Å². The summed E-state index contributed by atoms with van der Waals surface area (Å²) >= 11 is 0. The van der Waals surface area contributed by atoms with Crippen molar-refractivity contribution in [1.29, 1.82) is 0 Å². The molecule has 5 fully saturated rings. The van der Waals surface area contributed by atoms with Crippen LogP contribution in [-0.2, 0) is 14.2 Å². The molecule has 2 aromatic carbocycles. The maximum absolute atomic E-state index is 12.6. The zero-order valence-electron chi connectivity index (χ0n) is 31.8. The highest BCUT2D eigenvalue weighted by molar-refractivity contribution is 6.11. The number of hydrogen-bond acceptors (Lipinski definition) is 12. The van der Waals surface area contributed by atoms with Gasteiger partial charge in [-0.15, -0.1) is 0 Å². The molecule has 0 amide bonds. The number of aromatic carboxylic acids is 1. The molecule has 0 bridgehead atoms. The van der Waals surface area contributed by atoms with E-state index >= 15 is 0 Å². The van der Waals surface area contributed by atoms with Crippen molar-refractivity contribution in [1.82, 2.24) is 0 Å². The lowest BCUT2D eigenvalue weighted by Crippen LogP contribution is -2.70. The van der Waals surface area contributed by atoms with E-state index in [1.807, 2.05) is 0 Å². The quantitative estimate of drug-likeness (QED) is 0.155. The lowest BCUT2D eigenvalue weighted by Gasteiger charge is -2.64. The number of ether oxygens (including phenoxy) is 4. The number of aliphatic hydroxyl groups is 4. The Bertz CT molecular complexity index is 2040. The summed E-state index contributed by atoms with van der Waals surface area (Å²) in [6.07, 6.45) is 4.27. The number of carboxylic acids is 1. The fraction of sp³-hybridized carbons (Fsp3) is 0.628. The van der Waals surface area contributed by atoms with Gasteiger partial charge in [-0.3, -0.25) is 4.79 Å². The van der Waals surface area contributed by atoms with Gasteiger partial charge in [0.25, 0.3) is 0 Å². The van der Waals surface area contributed by atoms with Gasteiger partial charge in [-0.25, -0.2) is 4.79 Å². The molecule has 3 saturated carbocycles. The second-order valence-corrected chi connectivity index (χ2v) is 17.8. The average Bonchev–Trinajstić information content (AvgIpc) is 3.77. The first kappa shape index (κ1) is 38.0. The van der Waals surface area contributed by atoms with Gasteiger partial charge < -0.3 is 54.7 Å². The summed E-state index contributed by atoms with van der Waals surface area (Å²) in [7, 11) is 0. The largest absolute Gasteiger partial charge is 0.507 e. The number of hydrogen-bond donors (Lipinski definition) is 7. The van der Waals surface area contributed by atoms with Crippen LogP contribution in [0.5, 0.6) is 17.2 Å². The lowest BCUT2D eigenvalue weighted by atomic mass is 9.43. The Hall–Kier alpha value is -3.56. The first-order chi connectivity index (χ1) is 26.8. The molecule has 4 aliphatic carbocycles. The number of ketones is 1. The molecule has 7 aliphatic rings. The molecule has 0 unspecified atom stereocenters. The van der Waals surface area contributed by atoms with Crippen LogP contribution in [-0.4, -0.2) is 111 Å². The number of carbonyl (C=O) groups is 2. The smallest absolute Gasteiger partial charge is 0.335 e. The van der Waals surface area contributed by atoms with Crippen molar-refractivity contribution >= 4 is 22.5 Å². The highest BCUT2D eigenvalue weighted by Gasteiger charge is 2.67. The van der Waals surface area contributed by atoms with Crippen molar-refractivity contribution in [2.75, 3.05) is 33.0 Å². The second-order valence-electron chi connectivity index (χ2n) is 17.8. The van der Waals surface area contributed by atoms with Crippen LogP contribution in [0.3, 0.4) is 0 Å².